The van der Waals surface area contributed by atoms with E-state index in [1.54, 1.807) is 0 Å². The lowest BCUT2D eigenvalue weighted by molar-refractivity contribution is -0.172. The molecule has 0 aromatic heterocycles. The van der Waals surface area contributed by atoms with Crippen molar-refractivity contribution in [3.05, 3.63) is 0 Å². The maximum absolute atomic E-state index is 12.3. The third-order valence-electron chi connectivity index (χ3n) is 5.97. The van der Waals surface area contributed by atoms with Crippen LogP contribution in [0.1, 0.15) is 38.5 Å². The Morgan fingerprint density at radius 1 is 1.16 bits per heavy atom. The van der Waals surface area contributed by atoms with Crippen LogP contribution in [0.3, 0.4) is 0 Å². The van der Waals surface area contributed by atoms with Crippen LogP contribution in [-0.4, -0.2) is 42.1 Å². The van der Waals surface area contributed by atoms with Crippen LogP contribution in [0.5, 0.6) is 0 Å². The van der Waals surface area contributed by atoms with Gasteiger partial charge in [0.25, 0.3) is 0 Å². The van der Waals surface area contributed by atoms with E-state index in [0.717, 1.165) is 24.3 Å². The van der Waals surface area contributed by atoms with Crippen molar-refractivity contribution in [3.8, 4) is 0 Å². The molecular formula is C15H24N2O2. The summed E-state index contributed by atoms with van der Waals surface area (Å²) >= 11 is 0. The molecule has 1 saturated heterocycles. The van der Waals surface area contributed by atoms with Gasteiger partial charge in [-0.3, -0.25) is 4.79 Å². The average molecular weight is 264 g/mol. The molecule has 4 bridgehead atoms. The minimum atomic E-state index is 0.0469. The van der Waals surface area contributed by atoms with Gasteiger partial charge in [0.15, 0.2) is 0 Å². The van der Waals surface area contributed by atoms with Gasteiger partial charge in [-0.05, 0) is 56.3 Å². The Bertz CT molecular complexity index is 360. The fourth-order valence-corrected chi connectivity index (χ4v) is 5.62. The summed E-state index contributed by atoms with van der Waals surface area (Å²) in [6, 6.07) is 0. The first-order valence-electron chi connectivity index (χ1n) is 7.81. The molecule has 0 spiro atoms. The number of carbonyl (C=O) groups excluding carboxylic acids is 1. The first-order valence-corrected chi connectivity index (χ1v) is 7.81. The molecule has 5 fully saturated rings. The van der Waals surface area contributed by atoms with E-state index in [4.69, 9.17) is 10.5 Å². The SMILES string of the molecule is NCC1CN(C23CC4CC(CC(C4)C2)C3)C(=O)CO1. The number of amides is 1. The van der Waals surface area contributed by atoms with Crippen molar-refractivity contribution in [3.63, 3.8) is 0 Å². The molecule has 0 radical (unpaired) electrons. The van der Waals surface area contributed by atoms with Crippen LogP contribution in [0, 0.1) is 17.8 Å². The van der Waals surface area contributed by atoms with Crippen LogP contribution in [0.15, 0.2) is 0 Å². The zero-order valence-corrected chi connectivity index (χ0v) is 11.5. The zero-order chi connectivity index (χ0) is 13.0. The smallest absolute Gasteiger partial charge is 0.249 e. The van der Waals surface area contributed by atoms with Crippen molar-refractivity contribution in [2.24, 2.45) is 23.5 Å². The lowest BCUT2D eigenvalue weighted by atomic mass is 9.52. The summed E-state index contributed by atoms with van der Waals surface area (Å²) in [5, 5.41) is 0. The summed E-state index contributed by atoms with van der Waals surface area (Å²) < 4.78 is 5.52. The highest BCUT2D eigenvalue weighted by Crippen LogP contribution is 2.58. The van der Waals surface area contributed by atoms with E-state index in [0.29, 0.717) is 6.54 Å². The quantitative estimate of drug-likeness (QED) is 0.814. The van der Waals surface area contributed by atoms with E-state index < -0.39 is 0 Å². The van der Waals surface area contributed by atoms with E-state index in [2.05, 4.69) is 4.90 Å². The van der Waals surface area contributed by atoms with Gasteiger partial charge in [-0.25, -0.2) is 0 Å². The largest absolute Gasteiger partial charge is 0.365 e. The standard InChI is InChI=1S/C15H24N2O2/c16-7-13-8-17(14(18)9-19-13)15-4-10-1-11(5-15)3-12(2-10)6-15/h10-13H,1-9,16H2. The lowest BCUT2D eigenvalue weighted by Gasteiger charge is -2.61. The first-order chi connectivity index (χ1) is 9.18. The second-order valence-electron chi connectivity index (χ2n) is 7.31. The second-order valence-corrected chi connectivity index (χ2v) is 7.31. The summed E-state index contributed by atoms with van der Waals surface area (Å²) in [7, 11) is 0. The van der Waals surface area contributed by atoms with Crippen LogP contribution in [0.25, 0.3) is 0 Å². The predicted molar refractivity (Wildman–Crippen MR) is 71.4 cm³/mol. The molecule has 4 aliphatic carbocycles. The monoisotopic (exact) mass is 264 g/mol. The van der Waals surface area contributed by atoms with Crippen molar-refractivity contribution >= 4 is 5.91 Å². The highest BCUT2D eigenvalue weighted by molar-refractivity contribution is 5.79. The van der Waals surface area contributed by atoms with Crippen molar-refractivity contribution in [2.45, 2.75) is 50.2 Å². The van der Waals surface area contributed by atoms with Gasteiger partial charge < -0.3 is 15.4 Å². The molecule has 0 aromatic rings. The van der Waals surface area contributed by atoms with Crippen LogP contribution >= 0.6 is 0 Å². The van der Waals surface area contributed by atoms with E-state index in [1.807, 2.05) is 0 Å². The summed E-state index contributed by atoms with van der Waals surface area (Å²) in [5.74, 6) is 2.82. The molecule has 106 valence electrons. The molecule has 0 aromatic carbocycles. The maximum atomic E-state index is 12.3. The van der Waals surface area contributed by atoms with Gasteiger partial charge >= 0.3 is 0 Å². The Balaban J connectivity index is 1.61. The molecule has 1 aliphatic heterocycles. The Morgan fingerprint density at radius 3 is 2.26 bits per heavy atom. The molecule has 4 saturated carbocycles. The lowest BCUT2D eigenvalue weighted by Crippen LogP contribution is -2.65. The number of nitrogens with two attached hydrogens (primary N) is 1. The molecule has 5 rings (SSSR count). The molecule has 2 N–H and O–H groups in total. The Labute approximate surface area is 114 Å². The Morgan fingerprint density at radius 2 is 1.74 bits per heavy atom. The number of hydrogen-bond donors (Lipinski definition) is 1. The van der Waals surface area contributed by atoms with Gasteiger partial charge in [0.05, 0.1) is 6.10 Å². The van der Waals surface area contributed by atoms with Crippen LogP contribution < -0.4 is 5.73 Å². The van der Waals surface area contributed by atoms with Crippen molar-refractivity contribution in [2.75, 3.05) is 19.7 Å². The number of nitrogens with zero attached hydrogens (tertiary/aromatic N) is 1. The Hall–Kier alpha value is -0.610. The number of hydrogen-bond acceptors (Lipinski definition) is 3. The third kappa shape index (κ3) is 1.83. The predicted octanol–water partition coefficient (Wildman–Crippen LogP) is 1.14. The summed E-state index contributed by atoms with van der Waals surface area (Å²) in [4.78, 5) is 14.5. The molecule has 19 heavy (non-hydrogen) atoms. The maximum Gasteiger partial charge on any atom is 0.249 e. The number of rotatable bonds is 2. The molecule has 4 heteroatoms. The number of carbonyl (C=O) groups is 1. The summed E-state index contributed by atoms with van der Waals surface area (Å²) in [5.41, 5.74) is 5.91. The van der Waals surface area contributed by atoms with Crippen LogP contribution in [0.4, 0.5) is 0 Å². The summed E-state index contributed by atoms with van der Waals surface area (Å²) in [6.45, 7) is 1.49. The van der Waals surface area contributed by atoms with E-state index in [1.165, 1.54) is 38.5 Å². The van der Waals surface area contributed by atoms with Gasteiger partial charge in [0.2, 0.25) is 5.91 Å². The van der Waals surface area contributed by atoms with Crippen molar-refractivity contribution in [1.29, 1.82) is 0 Å². The molecule has 5 aliphatic rings. The molecule has 1 amide bonds. The normalized spacial score (nSPS) is 48.9. The molecular weight excluding hydrogens is 240 g/mol. The second kappa shape index (κ2) is 4.19. The number of ether oxygens (including phenoxy) is 1. The zero-order valence-electron chi connectivity index (χ0n) is 11.5. The minimum Gasteiger partial charge on any atom is -0.365 e. The summed E-state index contributed by atoms with van der Waals surface area (Å²) in [6.07, 6.45) is 8.01. The van der Waals surface area contributed by atoms with Gasteiger partial charge in [0, 0.05) is 18.6 Å². The fraction of sp³-hybridized carbons (Fsp3) is 0.933. The molecule has 4 nitrogen and oxygen atoms in total. The topological polar surface area (TPSA) is 55.6 Å². The van der Waals surface area contributed by atoms with Gasteiger partial charge in [0.1, 0.15) is 6.61 Å². The van der Waals surface area contributed by atoms with Crippen molar-refractivity contribution in [1.82, 2.24) is 4.90 Å². The highest BCUT2D eigenvalue weighted by atomic mass is 16.5. The van der Waals surface area contributed by atoms with Gasteiger partial charge in [-0.1, -0.05) is 0 Å². The van der Waals surface area contributed by atoms with E-state index >= 15 is 0 Å². The van der Waals surface area contributed by atoms with E-state index in [9.17, 15) is 4.79 Å². The van der Waals surface area contributed by atoms with Crippen LogP contribution in [0.2, 0.25) is 0 Å². The molecule has 1 unspecified atom stereocenters. The van der Waals surface area contributed by atoms with E-state index in [-0.39, 0.29) is 24.2 Å². The Kier molecular flexibility index (Phi) is 2.68. The molecule has 1 atom stereocenters. The van der Waals surface area contributed by atoms with Gasteiger partial charge in [-0.15, -0.1) is 0 Å². The average Bonchev–Trinajstić information content (AvgIpc) is 2.37. The third-order valence-corrected chi connectivity index (χ3v) is 5.97. The van der Waals surface area contributed by atoms with Crippen LogP contribution in [-0.2, 0) is 9.53 Å². The number of morpholine rings is 1. The highest BCUT2D eigenvalue weighted by Gasteiger charge is 2.55. The minimum absolute atomic E-state index is 0.0469. The van der Waals surface area contributed by atoms with Crippen molar-refractivity contribution < 1.29 is 9.53 Å². The first kappa shape index (κ1) is 12.2. The van der Waals surface area contributed by atoms with Gasteiger partial charge in [-0.2, -0.15) is 0 Å². The molecule has 1 heterocycles. The fourth-order valence-electron chi connectivity index (χ4n) is 5.62.